The van der Waals surface area contributed by atoms with E-state index in [1.165, 1.54) is 5.56 Å². The van der Waals surface area contributed by atoms with Gasteiger partial charge in [0.2, 0.25) is 0 Å². The minimum absolute atomic E-state index is 0.198. The van der Waals surface area contributed by atoms with E-state index >= 15 is 0 Å². The minimum Gasteiger partial charge on any atom is -0.380 e. The lowest BCUT2D eigenvalue weighted by molar-refractivity contribution is -0.0182. The van der Waals surface area contributed by atoms with Crippen molar-refractivity contribution in [3.05, 3.63) is 108 Å². The Morgan fingerprint density at radius 3 is 1.80 bits per heavy atom. The fourth-order valence-corrected chi connectivity index (χ4v) is 4.55. The molecule has 3 aromatic carbocycles. The van der Waals surface area contributed by atoms with Crippen LogP contribution in [0.2, 0.25) is 0 Å². The van der Waals surface area contributed by atoms with E-state index in [2.05, 4.69) is 41.3 Å². The van der Waals surface area contributed by atoms with E-state index in [-0.39, 0.29) is 5.92 Å². The van der Waals surface area contributed by atoms with Gasteiger partial charge < -0.3 is 14.7 Å². The van der Waals surface area contributed by atoms with Crippen LogP contribution in [0.1, 0.15) is 29.5 Å². The van der Waals surface area contributed by atoms with Gasteiger partial charge in [0.25, 0.3) is 0 Å². The minimum atomic E-state index is -0.946. The lowest BCUT2D eigenvalue weighted by atomic mass is 9.72. The summed E-state index contributed by atoms with van der Waals surface area (Å²) in [4.78, 5) is 2.46. The summed E-state index contributed by atoms with van der Waals surface area (Å²) in [7, 11) is 0. The summed E-state index contributed by atoms with van der Waals surface area (Å²) in [6.45, 7) is 4.32. The quantitative estimate of drug-likeness (QED) is 0.548. The molecule has 0 aromatic heterocycles. The Morgan fingerprint density at radius 1 is 0.767 bits per heavy atom. The Bertz CT molecular complexity index is 835. The van der Waals surface area contributed by atoms with Crippen molar-refractivity contribution >= 4 is 0 Å². The van der Waals surface area contributed by atoms with Crippen LogP contribution in [-0.2, 0) is 16.9 Å². The molecule has 0 amide bonds. The molecule has 0 bridgehead atoms. The van der Waals surface area contributed by atoms with E-state index in [9.17, 15) is 5.11 Å². The van der Waals surface area contributed by atoms with Gasteiger partial charge in [0, 0.05) is 6.54 Å². The van der Waals surface area contributed by atoms with Crippen molar-refractivity contribution in [3.8, 4) is 0 Å². The van der Waals surface area contributed by atoms with Gasteiger partial charge in [-0.2, -0.15) is 0 Å². The van der Waals surface area contributed by atoms with Crippen molar-refractivity contribution in [3.63, 3.8) is 0 Å². The van der Waals surface area contributed by atoms with Crippen LogP contribution in [0.25, 0.3) is 0 Å². The molecule has 0 saturated carbocycles. The standard InChI is InChI=1S/C27H31NO2/c29-27(24-12-6-2-7-13-24,25-14-8-3-9-15-25)26-16-18-28(19-17-26)20-21-30-22-23-10-4-1-5-11-23/h1-15,26,29H,16-22H2. The zero-order chi connectivity index (χ0) is 20.7. The lowest BCUT2D eigenvalue weighted by Crippen LogP contribution is -2.45. The fraction of sp³-hybridized carbons (Fsp3) is 0.333. The Hall–Kier alpha value is -2.46. The van der Waals surface area contributed by atoms with Crippen LogP contribution in [-0.4, -0.2) is 36.2 Å². The highest BCUT2D eigenvalue weighted by molar-refractivity contribution is 5.37. The molecule has 1 heterocycles. The molecule has 0 aliphatic carbocycles. The molecule has 3 aromatic rings. The second-order valence-electron chi connectivity index (χ2n) is 8.15. The summed E-state index contributed by atoms with van der Waals surface area (Å²) in [5.74, 6) is 0.198. The molecule has 3 nitrogen and oxygen atoms in total. The smallest absolute Gasteiger partial charge is 0.117 e. The predicted molar refractivity (Wildman–Crippen MR) is 121 cm³/mol. The van der Waals surface area contributed by atoms with Gasteiger partial charge in [-0.3, -0.25) is 0 Å². The number of benzene rings is 3. The maximum atomic E-state index is 12.0. The third-order valence-electron chi connectivity index (χ3n) is 6.27. The van der Waals surface area contributed by atoms with Gasteiger partial charge in [-0.05, 0) is 48.5 Å². The van der Waals surface area contributed by atoms with E-state index in [1.54, 1.807) is 0 Å². The number of rotatable bonds is 8. The zero-order valence-corrected chi connectivity index (χ0v) is 17.5. The van der Waals surface area contributed by atoms with Crippen molar-refractivity contribution in [2.45, 2.75) is 25.0 Å². The number of aliphatic hydroxyl groups is 1. The fourth-order valence-electron chi connectivity index (χ4n) is 4.55. The first-order valence-corrected chi connectivity index (χ1v) is 10.9. The third kappa shape index (κ3) is 4.81. The molecule has 0 spiro atoms. The van der Waals surface area contributed by atoms with Gasteiger partial charge in [-0.15, -0.1) is 0 Å². The van der Waals surface area contributed by atoms with Gasteiger partial charge in [0.15, 0.2) is 0 Å². The highest BCUT2D eigenvalue weighted by Crippen LogP contribution is 2.41. The number of hydrogen-bond donors (Lipinski definition) is 1. The average molecular weight is 402 g/mol. The van der Waals surface area contributed by atoms with Gasteiger partial charge in [0.1, 0.15) is 5.60 Å². The molecule has 4 rings (SSSR count). The van der Waals surface area contributed by atoms with E-state index in [1.807, 2.05) is 54.6 Å². The third-order valence-corrected chi connectivity index (χ3v) is 6.27. The molecule has 3 heteroatoms. The molecule has 1 saturated heterocycles. The number of hydrogen-bond acceptors (Lipinski definition) is 3. The molecule has 30 heavy (non-hydrogen) atoms. The van der Waals surface area contributed by atoms with Crippen LogP contribution in [0.5, 0.6) is 0 Å². The highest BCUT2D eigenvalue weighted by atomic mass is 16.5. The zero-order valence-electron chi connectivity index (χ0n) is 17.5. The summed E-state index contributed by atoms with van der Waals surface area (Å²) in [6.07, 6.45) is 1.94. The number of piperidine rings is 1. The van der Waals surface area contributed by atoms with Gasteiger partial charge in [-0.1, -0.05) is 91.0 Å². The molecule has 1 N–H and O–H groups in total. The average Bonchev–Trinajstić information content (AvgIpc) is 2.83. The molecular formula is C27H31NO2. The number of nitrogens with zero attached hydrogens (tertiary/aromatic N) is 1. The van der Waals surface area contributed by atoms with E-state index in [4.69, 9.17) is 4.74 Å². The maximum absolute atomic E-state index is 12.0. The Balaban J connectivity index is 1.35. The second-order valence-corrected chi connectivity index (χ2v) is 8.15. The lowest BCUT2D eigenvalue weighted by Gasteiger charge is -2.42. The molecular weight excluding hydrogens is 370 g/mol. The van der Waals surface area contributed by atoms with Crippen LogP contribution in [0.15, 0.2) is 91.0 Å². The van der Waals surface area contributed by atoms with E-state index < -0.39 is 5.60 Å². The molecule has 156 valence electrons. The molecule has 1 fully saturated rings. The molecule has 0 atom stereocenters. The van der Waals surface area contributed by atoms with Crippen molar-refractivity contribution in [2.75, 3.05) is 26.2 Å². The van der Waals surface area contributed by atoms with Crippen LogP contribution in [0.3, 0.4) is 0 Å². The van der Waals surface area contributed by atoms with Crippen LogP contribution in [0.4, 0.5) is 0 Å². The summed E-state index contributed by atoms with van der Waals surface area (Å²) >= 11 is 0. The number of ether oxygens (including phenoxy) is 1. The first-order chi connectivity index (χ1) is 14.8. The molecule has 0 radical (unpaired) electrons. The van der Waals surface area contributed by atoms with E-state index in [0.717, 1.165) is 50.2 Å². The van der Waals surface area contributed by atoms with E-state index in [0.29, 0.717) is 6.61 Å². The van der Waals surface area contributed by atoms with Crippen molar-refractivity contribution in [1.29, 1.82) is 0 Å². The predicted octanol–water partition coefficient (Wildman–Crippen LogP) is 4.85. The first-order valence-electron chi connectivity index (χ1n) is 10.9. The second kappa shape index (κ2) is 10.0. The summed E-state index contributed by atoms with van der Waals surface area (Å²) in [5, 5.41) is 12.0. The molecule has 1 aliphatic rings. The van der Waals surface area contributed by atoms with Crippen LogP contribution >= 0.6 is 0 Å². The Morgan fingerprint density at radius 2 is 1.27 bits per heavy atom. The first kappa shape index (κ1) is 20.8. The maximum Gasteiger partial charge on any atom is 0.117 e. The van der Waals surface area contributed by atoms with Gasteiger partial charge in [-0.25, -0.2) is 0 Å². The Kier molecular flexibility index (Phi) is 6.96. The topological polar surface area (TPSA) is 32.7 Å². The van der Waals surface area contributed by atoms with Crippen molar-refractivity contribution in [1.82, 2.24) is 4.90 Å². The molecule has 1 aliphatic heterocycles. The van der Waals surface area contributed by atoms with Crippen molar-refractivity contribution in [2.24, 2.45) is 5.92 Å². The van der Waals surface area contributed by atoms with Crippen LogP contribution < -0.4 is 0 Å². The monoisotopic (exact) mass is 401 g/mol. The SMILES string of the molecule is OC(c1ccccc1)(c1ccccc1)C1CCN(CCOCc2ccccc2)CC1. The highest BCUT2D eigenvalue weighted by Gasteiger charge is 2.41. The van der Waals surface area contributed by atoms with Gasteiger partial charge in [0.05, 0.1) is 13.2 Å². The van der Waals surface area contributed by atoms with Crippen molar-refractivity contribution < 1.29 is 9.84 Å². The summed E-state index contributed by atoms with van der Waals surface area (Å²) in [5.41, 5.74) is 2.24. The molecule has 0 unspecified atom stereocenters. The largest absolute Gasteiger partial charge is 0.380 e. The number of likely N-dealkylation sites (tertiary alicyclic amines) is 1. The normalized spacial score (nSPS) is 15.9. The summed E-state index contributed by atoms with van der Waals surface area (Å²) < 4.78 is 5.86. The summed E-state index contributed by atoms with van der Waals surface area (Å²) in [6, 6.07) is 30.6. The Labute approximate surface area is 179 Å². The van der Waals surface area contributed by atoms with Gasteiger partial charge >= 0.3 is 0 Å². The van der Waals surface area contributed by atoms with Crippen LogP contribution in [0, 0.1) is 5.92 Å².